The molecule has 0 bridgehead atoms. The number of benzene rings is 4. The fourth-order valence-corrected chi connectivity index (χ4v) is 8.66. The smallest absolute Gasteiger partial charge is 0.0547 e. The van der Waals surface area contributed by atoms with Crippen molar-refractivity contribution in [2.24, 2.45) is 5.92 Å². The molecule has 0 saturated carbocycles. The Bertz CT molecular complexity index is 2280. The number of hydrogen-bond donors (Lipinski definition) is 0. The Morgan fingerprint density at radius 2 is 1.51 bits per heavy atom. The lowest BCUT2D eigenvalue weighted by Gasteiger charge is -2.36. The highest BCUT2D eigenvalue weighted by molar-refractivity contribution is 6.11. The molecule has 5 aromatic rings. The summed E-state index contributed by atoms with van der Waals surface area (Å²) < 4.78 is 2.48. The Kier molecular flexibility index (Phi) is 4.84. The van der Waals surface area contributed by atoms with Gasteiger partial charge in [-0.2, -0.15) is 0 Å². The molecule has 4 aliphatic rings. The first-order valence-corrected chi connectivity index (χ1v) is 15.5. The van der Waals surface area contributed by atoms with Crippen molar-refractivity contribution in [2.75, 3.05) is 0 Å². The van der Waals surface area contributed by atoms with Crippen LogP contribution in [0, 0.1) is 5.92 Å². The first-order valence-electron chi connectivity index (χ1n) is 15.5. The number of hydrogen-bond acceptors (Lipinski definition) is 0. The van der Waals surface area contributed by atoms with Gasteiger partial charge in [-0.3, -0.25) is 0 Å². The minimum atomic E-state index is -0.208. The van der Waals surface area contributed by atoms with Crippen LogP contribution in [0.3, 0.4) is 0 Å². The van der Waals surface area contributed by atoms with Gasteiger partial charge in [-0.1, -0.05) is 105 Å². The molecule has 0 spiro atoms. The van der Waals surface area contributed by atoms with Gasteiger partial charge in [-0.25, -0.2) is 0 Å². The maximum absolute atomic E-state index is 3.30. The normalized spacial score (nSPS) is 22.2. The van der Waals surface area contributed by atoms with Crippen LogP contribution in [-0.2, 0) is 10.8 Å². The third kappa shape index (κ3) is 3.09. The number of fused-ring (bicyclic) bond motifs is 8. The van der Waals surface area contributed by atoms with E-state index in [0.717, 1.165) is 6.42 Å². The summed E-state index contributed by atoms with van der Waals surface area (Å²) in [5.41, 5.74) is 22.4. The van der Waals surface area contributed by atoms with E-state index in [1.807, 2.05) is 0 Å². The lowest BCUT2D eigenvalue weighted by Crippen LogP contribution is -2.29. The van der Waals surface area contributed by atoms with Crippen LogP contribution >= 0.6 is 0 Å². The van der Waals surface area contributed by atoms with E-state index < -0.39 is 0 Å². The molecule has 1 heteroatoms. The molecule has 206 valence electrons. The zero-order valence-electron chi connectivity index (χ0n) is 25.1. The Labute approximate surface area is 253 Å². The van der Waals surface area contributed by atoms with E-state index in [4.69, 9.17) is 0 Å². The molecule has 2 atom stereocenters. The fraction of sp³-hybridized carbons (Fsp3) is 0.190. The molecule has 1 nitrogen and oxygen atoms in total. The van der Waals surface area contributed by atoms with Crippen LogP contribution in [0.2, 0.25) is 0 Å². The number of para-hydroxylation sites is 1. The first-order chi connectivity index (χ1) is 20.9. The van der Waals surface area contributed by atoms with E-state index in [9.17, 15) is 0 Å². The number of nitrogens with zero attached hydrogens (tertiary/aromatic N) is 1. The summed E-state index contributed by atoms with van der Waals surface area (Å²) in [5.74, 6) is 0.480. The first kappa shape index (κ1) is 24.8. The second-order valence-corrected chi connectivity index (χ2v) is 13.4. The molecule has 4 aliphatic carbocycles. The average molecular weight is 552 g/mol. The van der Waals surface area contributed by atoms with Gasteiger partial charge in [0.15, 0.2) is 0 Å². The minimum Gasteiger partial charge on any atom is -0.309 e. The topological polar surface area (TPSA) is 4.93 Å². The van der Waals surface area contributed by atoms with Crippen molar-refractivity contribution in [2.45, 2.75) is 44.9 Å². The van der Waals surface area contributed by atoms with Crippen molar-refractivity contribution in [3.8, 4) is 16.8 Å². The molecule has 0 amide bonds. The van der Waals surface area contributed by atoms with E-state index >= 15 is 0 Å². The van der Waals surface area contributed by atoms with Gasteiger partial charge in [0.2, 0.25) is 0 Å². The summed E-state index contributed by atoms with van der Waals surface area (Å²) in [6.07, 6.45) is 12.3. The molecule has 2 unspecified atom stereocenters. The van der Waals surface area contributed by atoms with Gasteiger partial charge < -0.3 is 4.57 Å². The number of rotatable bonds is 2. The Balaban J connectivity index is 1.34. The molecule has 1 aromatic heterocycles. The van der Waals surface area contributed by atoms with Crippen LogP contribution in [0.1, 0.15) is 56.4 Å². The van der Waals surface area contributed by atoms with Gasteiger partial charge in [0.1, 0.15) is 0 Å². The molecule has 1 heterocycles. The van der Waals surface area contributed by atoms with Crippen molar-refractivity contribution in [3.63, 3.8) is 0 Å². The van der Waals surface area contributed by atoms with Gasteiger partial charge >= 0.3 is 0 Å². The zero-order valence-corrected chi connectivity index (χ0v) is 25.1. The minimum absolute atomic E-state index is 0.00603. The van der Waals surface area contributed by atoms with Gasteiger partial charge in [0.25, 0.3) is 0 Å². The highest BCUT2D eigenvalue weighted by atomic mass is 15.0. The number of allylic oxidation sites excluding steroid dienone is 8. The van der Waals surface area contributed by atoms with Gasteiger partial charge in [0, 0.05) is 27.3 Å². The largest absolute Gasteiger partial charge is 0.309 e. The molecule has 0 fully saturated rings. The summed E-state index contributed by atoms with van der Waals surface area (Å²) in [6, 6.07) is 29.9. The van der Waals surface area contributed by atoms with Crippen molar-refractivity contribution in [1.82, 2.24) is 4.57 Å². The standard InChI is InChI=1S/C42H33N/c1-26-13-5-9-17-34(26)42(4)37-19-11-7-15-29(37)32-25-40-33(24-38(32)42)30-16-8-12-20-39(30)43(40)27-21-22-36-31(23-27)28-14-6-10-18-35(28)41(36,2)3/h5-6,8-10,12,14-26H,13H2,1-4H3. The molecule has 4 aromatic carbocycles. The van der Waals surface area contributed by atoms with E-state index in [-0.39, 0.29) is 10.8 Å². The molecule has 43 heavy (non-hydrogen) atoms. The highest BCUT2D eigenvalue weighted by Gasteiger charge is 2.45. The lowest BCUT2D eigenvalue weighted by molar-refractivity contribution is 0.549. The van der Waals surface area contributed by atoms with Crippen LogP contribution in [-0.4, -0.2) is 4.57 Å². The molecular formula is C42H33N. The van der Waals surface area contributed by atoms with Crippen molar-refractivity contribution < 1.29 is 0 Å². The molecule has 9 rings (SSSR count). The second kappa shape index (κ2) is 8.40. The molecule has 0 radical (unpaired) electrons. The third-order valence-electron chi connectivity index (χ3n) is 10.8. The summed E-state index contributed by atoms with van der Waals surface area (Å²) in [6.45, 7) is 9.50. The zero-order chi connectivity index (χ0) is 29.1. The van der Waals surface area contributed by atoms with Gasteiger partial charge in [-0.15, -0.1) is 0 Å². The molecule has 0 saturated heterocycles. The Morgan fingerprint density at radius 1 is 0.721 bits per heavy atom. The van der Waals surface area contributed by atoms with E-state index in [0.29, 0.717) is 5.92 Å². The SMILES string of the molecule is CC1CC=CC=C1C1(C)C2=C(C=C=C=C2)c2cc3c(cc21)c1ccccc1n3-c1ccc2c(c1)-c1ccccc1C2(C)C. The second-order valence-electron chi connectivity index (χ2n) is 13.4. The molecule has 0 N–H and O–H groups in total. The van der Waals surface area contributed by atoms with Crippen LogP contribution < -0.4 is 0 Å². The van der Waals surface area contributed by atoms with E-state index in [1.54, 1.807) is 0 Å². The van der Waals surface area contributed by atoms with E-state index in [2.05, 4.69) is 153 Å². The summed E-state index contributed by atoms with van der Waals surface area (Å²) >= 11 is 0. The fourth-order valence-electron chi connectivity index (χ4n) is 8.66. The quantitative estimate of drug-likeness (QED) is 0.192. The Morgan fingerprint density at radius 3 is 2.40 bits per heavy atom. The summed E-state index contributed by atoms with van der Waals surface area (Å²) in [4.78, 5) is 0. The lowest BCUT2D eigenvalue weighted by atomic mass is 9.67. The van der Waals surface area contributed by atoms with Crippen LogP contribution in [0.5, 0.6) is 0 Å². The van der Waals surface area contributed by atoms with Gasteiger partial charge in [0.05, 0.1) is 11.0 Å². The highest BCUT2D eigenvalue weighted by Crippen LogP contribution is 2.56. The summed E-state index contributed by atoms with van der Waals surface area (Å²) in [5, 5.41) is 2.60. The van der Waals surface area contributed by atoms with Gasteiger partial charge in [-0.05, 0) is 106 Å². The molecule has 0 aliphatic heterocycles. The maximum atomic E-state index is 3.30. The summed E-state index contributed by atoms with van der Waals surface area (Å²) in [7, 11) is 0. The van der Waals surface area contributed by atoms with Crippen LogP contribution in [0.15, 0.2) is 132 Å². The predicted molar refractivity (Wildman–Crippen MR) is 180 cm³/mol. The van der Waals surface area contributed by atoms with Crippen molar-refractivity contribution in [3.05, 3.63) is 154 Å². The number of aromatic nitrogens is 1. The average Bonchev–Trinajstić information content (AvgIpc) is 3.58. The van der Waals surface area contributed by atoms with Crippen LogP contribution in [0.25, 0.3) is 44.2 Å². The third-order valence-corrected chi connectivity index (χ3v) is 10.8. The molecular weight excluding hydrogens is 518 g/mol. The van der Waals surface area contributed by atoms with Crippen LogP contribution in [0.4, 0.5) is 0 Å². The van der Waals surface area contributed by atoms with Crippen molar-refractivity contribution in [1.29, 1.82) is 0 Å². The monoisotopic (exact) mass is 551 g/mol. The maximum Gasteiger partial charge on any atom is 0.0547 e. The van der Waals surface area contributed by atoms with Crippen molar-refractivity contribution >= 4 is 27.4 Å². The van der Waals surface area contributed by atoms with E-state index in [1.165, 1.54) is 77.6 Å². The Hall–Kier alpha value is -4.80. The predicted octanol–water partition coefficient (Wildman–Crippen LogP) is 10.5.